The lowest BCUT2D eigenvalue weighted by Gasteiger charge is -2.50. The second-order valence-electron chi connectivity index (χ2n) is 7.96. The van der Waals surface area contributed by atoms with Crippen molar-refractivity contribution in [2.75, 3.05) is 19.0 Å². The summed E-state index contributed by atoms with van der Waals surface area (Å²) in [5.74, 6) is -2.54. The Hall–Kier alpha value is -3.56. The first-order valence-corrected chi connectivity index (χ1v) is 13.5. The van der Waals surface area contributed by atoms with Gasteiger partial charge >= 0.3 is 5.97 Å². The van der Waals surface area contributed by atoms with Crippen molar-refractivity contribution < 1.29 is 28.7 Å². The first-order chi connectivity index (χ1) is 17.9. The molecule has 2 aromatic heterocycles. The highest BCUT2D eigenvalue weighted by atomic mass is 32.2. The number of carbonyl (C=O) groups excluding carboxylic acids is 2. The highest BCUT2D eigenvalue weighted by molar-refractivity contribution is 8.05. The van der Waals surface area contributed by atoms with Gasteiger partial charge in [-0.3, -0.25) is 14.5 Å². The van der Waals surface area contributed by atoms with Crippen LogP contribution < -0.4 is 11.1 Å². The summed E-state index contributed by atoms with van der Waals surface area (Å²) in [6.45, 7) is -1.17. The van der Waals surface area contributed by atoms with Gasteiger partial charge in [0, 0.05) is 15.7 Å². The number of oxime groups is 1. The van der Waals surface area contributed by atoms with Gasteiger partial charge < -0.3 is 21.0 Å². The molecule has 2 atom stereocenters. The smallest absolute Gasteiger partial charge is 0.353 e. The van der Waals surface area contributed by atoms with Crippen LogP contribution in [-0.2, 0) is 19.2 Å². The quantitative estimate of drug-likeness (QED) is 0.154. The summed E-state index contributed by atoms with van der Waals surface area (Å²) < 4.78 is 17.7. The Balaban J connectivity index is 1.36. The van der Waals surface area contributed by atoms with Crippen LogP contribution in [0.3, 0.4) is 0 Å². The number of nitrogen functional groups attached to an aromatic ring is 1. The van der Waals surface area contributed by atoms with E-state index in [1.165, 1.54) is 33.6 Å². The summed E-state index contributed by atoms with van der Waals surface area (Å²) in [5.41, 5.74) is 6.23. The highest BCUT2D eigenvalue weighted by Gasteiger charge is 2.54. The van der Waals surface area contributed by atoms with Crippen LogP contribution in [0.4, 0.5) is 9.52 Å². The maximum atomic E-state index is 13.1. The van der Waals surface area contributed by atoms with E-state index >= 15 is 0 Å². The molecule has 1 fully saturated rings. The molecule has 0 saturated carbocycles. The molecule has 1 saturated heterocycles. The standard InChI is InChI=1S/C22H19FN6O5S3/c23-7-8-34-27-15(12-9-35-22(24)25-12)18(30)26-16-13-5-6-14(17(20(32)33)29(13)19(16)31)36-21-10-3-1-2-4-11(10)28-37-21/h1-4,9,13,16H,5-8H2,(H2,24,25)(H,26,30)(H,32,33)/b27-15+/t13-,16+/m1/s1. The molecule has 0 radical (unpaired) electrons. The minimum atomic E-state index is -1.22. The number of nitrogens with two attached hydrogens (primary N) is 1. The predicted octanol–water partition coefficient (Wildman–Crippen LogP) is 2.60. The molecule has 15 heteroatoms. The first kappa shape index (κ1) is 25.1. The van der Waals surface area contributed by atoms with Crippen LogP contribution in [0.5, 0.6) is 0 Å². The number of anilines is 1. The third-order valence-electron chi connectivity index (χ3n) is 5.75. The molecule has 5 rings (SSSR count). The summed E-state index contributed by atoms with van der Waals surface area (Å²) in [7, 11) is 0. The number of carbonyl (C=O) groups is 3. The summed E-state index contributed by atoms with van der Waals surface area (Å²) >= 11 is 3.65. The van der Waals surface area contributed by atoms with Gasteiger partial charge in [0.2, 0.25) is 0 Å². The number of thioether (sulfide) groups is 1. The van der Waals surface area contributed by atoms with Gasteiger partial charge in [-0.2, -0.15) is 4.37 Å². The number of aromatic nitrogens is 2. The number of fused-ring (bicyclic) bond motifs is 2. The van der Waals surface area contributed by atoms with Crippen LogP contribution in [0.2, 0.25) is 0 Å². The molecule has 11 nitrogen and oxygen atoms in total. The number of hydrogen-bond acceptors (Lipinski definition) is 11. The number of rotatable bonds is 9. The molecule has 0 aliphatic carbocycles. The minimum Gasteiger partial charge on any atom is -0.477 e. The van der Waals surface area contributed by atoms with Crippen molar-refractivity contribution in [1.82, 2.24) is 19.6 Å². The Kier molecular flexibility index (Phi) is 7.08. The van der Waals surface area contributed by atoms with Crippen molar-refractivity contribution >= 4 is 74.2 Å². The topological polar surface area (TPSA) is 160 Å². The molecule has 2 aliphatic heterocycles. The Morgan fingerprint density at radius 3 is 2.92 bits per heavy atom. The summed E-state index contributed by atoms with van der Waals surface area (Å²) in [4.78, 5) is 48.9. The molecule has 2 aliphatic rings. The lowest BCUT2D eigenvalue weighted by atomic mass is 9.86. The fourth-order valence-electron chi connectivity index (χ4n) is 4.13. The van der Waals surface area contributed by atoms with Gasteiger partial charge in [0.05, 0.1) is 15.8 Å². The monoisotopic (exact) mass is 562 g/mol. The number of nitrogens with one attached hydrogen (secondary N) is 1. The van der Waals surface area contributed by atoms with Crippen molar-refractivity contribution in [1.29, 1.82) is 0 Å². The zero-order valence-electron chi connectivity index (χ0n) is 18.9. The highest BCUT2D eigenvalue weighted by Crippen LogP contribution is 2.45. The Morgan fingerprint density at radius 1 is 1.38 bits per heavy atom. The number of nitrogens with zero attached hydrogens (tertiary/aromatic N) is 4. The molecule has 192 valence electrons. The van der Waals surface area contributed by atoms with E-state index in [0.29, 0.717) is 17.7 Å². The molecule has 2 amide bonds. The number of allylic oxidation sites excluding steroid dienone is 1. The zero-order chi connectivity index (χ0) is 26.1. The molecule has 4 N–H and O–H groups in total. The van der Waals surface area contributed by atoms with Crippen molar-refractivity contribution in [3.05, 3.63) is 45.9 Å². The van der Waals surface area contributed by atoms with E-state index in [2.05, 4.69) is 19.8 Å². The number of thiazole rings is 1. The molecule has 37 heavy (non-hydrogen) atoms. The fraction of sp³-hybridized carbons (Fsp3) is 0.273. The van der Waals surface area contributed by atoms with Crippen molar-refractivity contribution in [2.45, 2.75) is 29.1 Å². The molecule has 0 unspecified atom stereocenters. The van der Waals surface area contributed by atoms with Crippen molar-refractivity contribution in [3.8, 4) is 0 Å². The van der Waals surface area contributed by atoms with Crippen LogP contribution in [0, 0.1) is 0 Å². The second-order valence-corrected chi connectivity index (χ2v) is 11.0. The largest absolute Gasteiger partial charge is 0.477 e. The Labute approximate surface area is 221 Å². The maximum absolute atomic E-state index is 13.1. The lowest BCUT2D eigenvalue weighted by Crippen LogP contribution is -2.72. The van der Waals surface area contributed by atoms with Crippen LogP contribution in [0.1, 0.15) is 18.5 Å². The SMILES string of the molecule is Nc1nc(/C(=N\OCCF)C(=O)N[C@@H]2C(=O)N3C(C(=O)O)=C(Sc4snc5ccccc45)CC[C@H]23)cs1. The maximum Gasteiger partial charge on any atom is 0.353 e. The second kappa shape index (κ2) is 10.4. The van der Waals surface area contributed by atoms with Crippen LogP contribution >= 0.6 is 34.6 Å². The average Bonchev–Trinajstić information content (AvgIpc) is 3.50. The number of aliphatic carboxylic acids is 1. The van der Waals surface area contributed by atoms with Crippen molar-refractivity contribution in [2.24, 2.45) is 5.16 Å². The Morgan fingerprint density at radius 2 is 2.19 bits per heavy atom. The third-order valence-corrected chi connectivity index (χ3v) is 8.62. The number of hydrogen-bond donors (Lipinski definition) is 3. The van der Waals surface area contributed by atoms with E-state index < -0.39 is 36.5 Å². The lowest BCUT2D eigenvalue weighted by molar-refractivity contribution is -0.155. The molecule has 0 bridgehead atoms. The van der Waals surface area contributed by atoms with Gasteiger partial charge in [-0.15, -0.1) is 11.3 Å². The Bertz CT molecular complexity index is 1450. The third kappa shape index (κ3) is 4.76. The number of carboxylic acids is 1. The summed E-state index contributed by atoms with van der Waals surface area (Å²) in [6, 6.07) is 6.06. The molecule has 4 heterocycles. The normalized spacial score (nSPS) is 19.5. The van der Waals surface area contributed by atoms with Crippen LogP contribution in [0.15, 0.2) is 49.6 Å². The molecule has 0 spiro atoms. The van der Waals surface area contributed by atoms with Crippen LogP contribution in [0.25, 0.3) is 10.9 Å². The fourth-order valence-corrected chi connectivity index (χ4v) is 6.86. The van der Waals surface area contributed by atoms with Gasteiger partial charge in [-0.1, -0.05) is 35.1 Å². The summed E-state index contributed by atoms with van der Waals surface area (Å²) in [6.07, 6.45) is 0.851. The molecular weight excluding hydrogens is 543 g/mol. The number of β-lactam (4-membered cyclic amide) rings is 1. The van der Waals surface area contributed by atoms with Gasteiger partial charge in [0.1, 0.15) is 30.7 Å². The van der Waals surface area contributed by atoms with Gasteiger partial charge in [0.25, 0.3) is 11.8 Å². The summed E-state index contributed by atoms with van der Waals surface area (Å²) in [5, 5.41) is 18.8. The first-order valence-electron chi connectivity index (χ1n) is 11.0. The number of amides is 2. The molecule has 3 aromatic rings. The van der Waals surface area contributed by atoms with Gasteiger partial charge in [-0.05, 0) is 30.4 Å². The number of carboxylic acid groups (broad SMARTS) is 1. The van der Waals surface area contributed by atoms with E-state index in [1.807, 2.05) is 24.3 Å². The number of benzene rings is 1. The van der Waals surface area contributed by atoms with Gasteiger partial charge in [0.15, 0.2) is 10.8 Å². The van der Waals surface area contributed by atoms with E-state index in [9.17, 15) is 23.9 Å². The minimum absolute atomic E-state index is 0.0957. The average molecular weight is 563 g/mol. The zero-order valence-corrected chi connectivity index (χ0v) is 21.4. The predicted molar refractivity (Wildman–Crippen MR) is 137 cm³/mol. The number of halogens is 1. The molecular formula is C22H19FN6O5S3. The van der Waals surface area contributed by atoms with E-state index in [4.69, 9.17) is 10.6 Å². The van der Waals surface area contributed by atoms with Gasteiger partial charge in [-0.25, -0.2) is 14.2 Å². The molecule has 1 aromatic carbocycles. The van der Waals surface area contributed by atoms with Crippen LogP contribution in [-0.4, -0.2) is 68.2 Å². The number of alkyl halides is 1. The van der Waals surface area contributed by atoms with Crippen molar-refractivity contribution in [3.63, 3.8) is 0 Å². The van der Waals surface area contributed by atoms with E-state index in [-0.39, 0.29) is 28.8 Å². The van der Waals surface area contributed by atoms with E-state index in [1.54, 1.807) is 0 Å². The van der Waals surface area contributed by atoms with E-state index in [0.717, 1.165) is 26.4 Å².